The number of esters is 1. The number of nitrogens with one attached hydrogen (secondary N) is 1. The first-order valence-corrected chi connectivity index (χ1v) is 20.1. The second-order valence-electron chi connectivity index (χ2n) is 18.6. The SMILES string of the molecule is CC1(C)CCC[C@](C)([C@@H]2CC[C@]3(C)[C@@H]2[C@H](O)C[C@H]2[C@@]4(C)CC[C@H](OC(=O)CSc5nc6ccc(Cl)cc6c(=O)[nH]5)C(C)(C)[C@@H]4CC[C@]23C)O1. The normalized spacial score (nSPS) is 42.6. The van der Waals surface area contributed by atoms with Gasteiger partial charge in [0.1, 0.15) is 6.10 Å². The number of aromatic amines is 1. The fourth-order valence-electron chi connectivity index (χ4n) is 13.0. The van der Waals surface area contributed by atoms with Crippen molar-refractivity contribution in [2.24, 2.45) is 45.3 Å². The number of hydrogen-bond donors (Lipinski definition) is 2. The average molecular weight is 713 g/mol. The fourth-order valence-corrected chi connectivity index (χ4v) is 13.8. The molecule has 1 saturated heterocycles. The van der Waals surface area contributed by atoms with Gasteiger partial charge in [0.2, 0.25) is 0 Å². The number of hydrogen-bond acceptors (Lipinski definition) is 7. The van der Waals surface area contributed by atoms with Gasteiger partial charge in [0, 0.05) is 10.4 Å². The summed E-state index contributed by atoms with van der Waals surface area (Å²) in [6.45, 7) is 19.0. The van der Waals surface area contributed by atoms with Gasteiger partial charge in [-0.25, -0.2) is 4.98 Å². The molecule has 0 radical (unpaired) electrons. The zero-order valence-corrected chi connectivity index (χ0v) is 32.4. The highest BCUT2D eigenvalue weighted by atomic mass is 35.5. The minimum absolute atomic E-state index is 0.0475. The Morgan fingerprint density at radius 3 is 2.47 bits per heavy atom. The molecule has 1 aromatic heterocycles. The quantitative estimate of drug-likeness (QED) is 0.181. The lowest BCUT2D eigenvalue weighted by molar-refractivity contribution is -0.258. The molecule has 2 aromatic rings. The first-order chi connectivity index (χ1) is 22.8. The van der Waals surface area contributed by atoms with Crippen molar-refractivity contribution in [1.82, 2.24) is 9.97 Å². The van der Waals surface area contributed by atoms with Crippen LogP contribution in [0.3, 0.4) is 0 Å². The van der Waals surface area contributed by atoms with Crippen molar-refractivity contribution in [1.29, 1.82) is 0 Å². The Bertz CT molecular complexity index is 1690. The van der Waals surface area contributed by atoms with Gasteiger partial charge in [-0.3, -0.25) is 9.59 Å². The van der Waals surface area contributed by atoms with E-state index in [1.54, 1.807) is 18.2 Å². The minimum Gasteiger partial charge on any atom is -0.461 e. The van der Waals surface area contributed by atoms with Gasteiger partial charge in [0.05, 0.1) is 34.0 Å². The topological polar surface area (TPSA) is 102 Å². The monoisotopic (exact) mass is 712 g/mol. The number of fused-ring (bicyclic) bond motifs is 6. The van der Waals surface area contributed by atoms with Gasteiger partial charge in [0.25, 0.3) is 5.56 Å². The van der Waals surface area contributed by atoms with E-state index in [4.69, 9.17) is 21.1 Å². The Hall–Kier alpha value is -1.61. The van der Waals surface area contributed by atoms with Crippen molar-refractivity contribution in [2.45, 2.75) is 148 Å². The molecule has 4 saturated carbocycles. The van der Waals surface area contributed by atoms with Crippen LogP contribution in [0.5, 0.6) is 0 Å². The molecule has 7 nitrogen and oxygen atoms in total. The van der Waals surface area contributed by atoms with E-state index in [0.29, 0.717) is 38.8 Å². The molecule has 0 unspecified atom stereocenters. The number of aliphatic hydroxyl groups is 1. The van der Waals surface area contributed by atoms with E-state index in [0.717, 1.165) is 57.8 Å². The predicted octanol–water partition coefficient (Wildman–Crippen LogP) is 8.97. The molecule has 4 aliphatic carbocycles. The van der Waals surface area contributed by atoms with E-state index in [-0.39, 0.29) is 68.3 Å². The fraction of sp³-hybridized carbons (Fsp3) is 0.775. The number of nitrogens with zero attached hydrogens (tertiary/aromatic N) is 1. The number of carbonyl (C=O) groups excluding carboxylic acids is 1. The third-order valence-corrected chi connectivity index (χ3v) is 16.4. The summed E-state index contributed by atoms with van der Waals surface area (Å²) in [6, 6.07) is 5.02. The summed E-state index contributed by atoms with van der Waals surface area (Å²) in [6.07, 6.45) is 10.0. The molecule has 1 aromatic carbocycles. The third kappa shape index (κ3) is 5.63. The lowest BCUT2D eigenvalue weighted by Gasteiger charge is -2.70. The maximum absolute atomic E-state index is 13.3. The molecule has 5 fully saturated rings. The molecule has 49 heavy (non-hydrogen) atoms. The molecule has 10 atom stereocenters. The molecule has 5 aliphatic rings. The van der Waals surface area contributed by atoms with Crippen LogP contribution < -0.4 is 5.56 Å². The molecule has 2 heterocycles. The highest BCUT2D eigenvalue weighted by molar-refractivity contribution is 7.99. The lowest BCUT2D eigenvalue weighted by atomic mass is 9.35. The van der Waals surface area contributed by atoms with E-state index < -0.39 is 0 Å². The number of benzene rings is 1. The smallest absolute Gasteiger partial charge is 0.316 e. The standard InChI is InChI=1S/C40H57ClN2O5S/c1-35(2)15-9-16-40(8,48-35)25-12-18-39(7)32(25)27(44)21-29-37(5)17-14-30(36(3,4)28(37)13-19-38(29,39)6)47-31(45)22-49-34-42-26-11-10-23(41)20-24(26)33(46)43-34/h10-11,20,25,27-30,32,44H,9,12-19,21-22H2,1-8H3,(H,42,43,46)/t25-,27-,28+,29+,30+,32+,37+,38-,39-,40-/m1/s1. The molecular weight excluding hydrogens is 656 g/mol. The van der Waals surface area contributed by atoms with Crippen LogP contribution in [0.2, 0.25) is 5.02 Å². The number of aromatic nitrogens is 2. The first-order valence-electron chi connectivity index (χ1n) is 18.7. The Morgan fingerprint density at radius 2 is 1.73 bits per heavy atom. The van der Waals surface area contributed by atoms with Crippen molar-refractivity contribution >= 4 is 40.2 Å². The number of rotatable bonds is 5. The first kappa shape index (κ1) is 35.8. The van der Waals surface area contributed by atoms with Crippen molar-refractivity contribution in [3.63, 3.8) is 0 Å². The van der Waals surface area contributed by atoms with Crippen LogP contribution in [0.1, 0.15) is 120 Å². The van der Waals surface area contributed by atoms with E-state index in [2.05, 4.69) is 65.4 Å². The molecular formula is C40H57ClN2O5S. The van der Waals surface area contributed by atoms with Crippen LogP contribution in [0.25, 0.3) is 10.9 Å². The van der Waals surface area contributed by atoms with Crippen molar-refractivity contribution < 1.29 is 19.4 Å². The van der Waals surface area contributed by atoms with E-state index in [9.17, 15) is 14.7 Å². The van der Waals surface area contributed by atoms with Crippen LogP contribution in [0, 0.1) is 45.3 Å². The van der Waals surface area contributed by atoms with Gasteiger partial charge in [-0.1, -0.05) is 58.0 Å². The molecule has 0 spiro atoms. The van der Waals surface area contributed by atoms with Crippen LogP contribution in [-0.2, 0) is 14.3 Å². The number of aliphatic hydroxyl groups excluding tert-OH is 1. The van der Waals surface area contributed by atoms with Crippen LogP contribution in [-0.4, -0.2) is 50.2 Å². The predicted molar refractivity (Wildman–Crippen MR) is 196 cm³/mol. The lowest BCUT2D eigenvalue weighted by Crippen LogP contribution is -2.67. The maximum Gasteiger partial charge on any atom is 0.316 e. The van der Waals surface area contributed by atoms with Gasteiger partial charge >= 0.3 is 5.97 Å². The number of carbonyl (C=O) groups is 1. The third-order valence-electron chi connectivity index (χ3n) is 15.3. The van der Waals surface area contributed by atoms with Crippen LogP contribution in [0.15, 0.2) is 28.2 Å². The molecule has 270 valence electrons. The molecule has 0 bridgehead atoms. The van der Waals surface area contributed by atoms with E-state index >= 15 is 0 Å². The number of ether oxygens (including phenoxy) is 2. The largest absolute Gasteiger partial charge is 0.461 e. The number of halogens is 1. The Kier molecular flexibility index (Phi) is 8.73. The zero-order chi connectivity index (χ0) is 35.4. The van der Waals surface area contributed by atoms with E-state index in [1.165, 1.54) is 18.2 Å². The molecule has 7 rings (SSSR count). The second-order valence-corrected chi connectivity index (χ2v) is 20.0. The summed E-state index contributed by atoms with van der Waals surface area (Å²) in [5, 5.41) is 13.5. The summed E-state index contributed by atoms with van der Waals surface area (Å²) in [5.41, 5.74) is -0.0159. The Labute approximate surface area is 301 Å². The minimum atomic E-state index is -0.334. The summed E-state index contributed by atoms with van der Waals surface area (Å²) in [5.74, 6) is 1.20. The van der Waals surface area contributed by atoms with Gasteiger partial charge in [0.15, 0.2) is 5.16 Å². The van der Waals surface area contributed by atoms with E-state index in [1.807, 2.05) is 0 Å². The Balaban J connectivity index is 1.06. The number of thioether (sulfide) groups is 1. The van der Waals surface area contributed by atoms with Crippen LogP contribution in [0.4, 0.5) is 0 Å². The zero-order valence-electron chi connectivity index (χ0n) is 30.8. The highest BCUT2D eigenvalue weighted by Crippen LogP contribution is 2.76. The molecule has 2 N–H and O–H groups in total. The average Bonchev–Trinajstić information content (AvgIpc) is 3.39. The summed E-state index contributed by atoms with van der Waals surface area (Å²) >= 11 is 7.25. The van der Waals surface area contributed by atoms with Crippen molar-refractivity contribution in [2.75, 3.05) is 5.75 Å². The number of H-pyrrole nitrogens is 1. The van der Waals surface area contributed by atoms with Crippen molar-refractivity contribution in [3.05, 3.63) is 33.6 Å². The maximum atomic E-state index is 13.3. The molecule has 0 amide bonds. The van der Waals surface area contributed by atoms with Gasteiger partial charge in [-0.05, 0) is 143 Å². The summed E-state index contributed by atoms with van der Waals surface area (Å²) < 4.78 is 13.2. The molecule has 9 heteroatoms. The van der Waals surface area contributed by atoms with Crippen LogP contribution >= 0.6 is 23.4 Å². The summed E-state index contributed by atoms with van der Waals surface area (Å²) in [4.78, 5) is 33.2. The highest BCUT2D eigenvalue weighted by Gasteiger charge is 2.72. The van der Waals surface area contributed by atoms with Gasteiger partial charge in [-0.2, -0.15) is 0 Å². The second kappa shape index (κ2) is 12.0. The summed E-state index contributed by atoms with van der Waals surface area (Å²) in [7, 11) is 0. The van der Waals surface area contributed by atoms with Crippen molar-refractivity contribution in [3.8, 4) is 0 Å². The van der Waals surface area contributed by atoms with Gasteiger partial charge < -0.3 is 19.6 Å². The Morgan fingerprint density at radius 1 is 1.00 bits per heavy atom. The van der Waals surface area contributed by atoms with Gasteiger partial charge in [-0.15, -0.1) is 0 Å². The molecule has 1 aliphatic heterocycles.